The lowest BCUT2D eigenvalue weighted by molar-refractivity contribution is -0.190. The Labute approximate surface area is 114 Å². The Morgan fingerprint density at radius 1 is 1.16 bits per heavy atom. The van der Waals surface area contributed by atoms with Gasteiger partial charge in [-0.05, 0) is 57.5 Å². The minimum Gasteiger partial charge on any atom is -0.386 e. The molecule has 0 aliphatic carbocycles. The van der Waals surface area contributed by atoms with Crippen molar-refractivity contribution in [3.05, 3.63) is 0 Å². The SMILES string of the molecule is O=C1CCC[C@@H]2C3CCCN4CCC[C@@](O)(CN12)C34. The first-order valence-corrected chi connectivity index (χ1v) is 7.95. The fraction of sp³-hybridized carbons (Fsp3) is 0.933. The summed E-state index contributed by atoms with van der Waals surface area (Å²) in [6.07, 6.45) is 7.26. The van der Waals surface area contributed by atoms with Crippen LogP contribution in [0.1, 0.15) is 44.9 Å². The molecular weight excluding hydrogens is 240 g/mol. The van der Waals surface area contributed by atoms with Crippen LogP contribution < -0.4 is 0 Å². The lowest BCUT2D eigenvalue weighted by Crippen LogP contribution is -2.74. The van der Waals surface area contributed by atoms with Crippen molar-refractivity contribution >= 4 is 5.91 Å². The first kappa shape index (κ1) is 12.2. The third-order valence-corrected chi connectivity index (χ3v) is 5.94. The van der Waals surface area contributed by atoms with Crippen molar-refractivity contribution in [2.45, 2.75) is 62.6 Å². The molecule has 19 heavy (non-hydrogen) atoms. The van der Waals surface area contributed by atoms with Crippen LogP contribution in [0.15, 0.2) is 0 Å². The smallest absolute Gasteiger partial charge is 0.222 e. The highest BCUT2D eigenvalue weighted by atomic mass is 16.3. The molecule has 4 atom stereocenters. The van der Waals surface area contributed by atoms with Crippen LogP contribution in [0, 0.1) is 5.92 Å². The molecule has 106 valence electrons. The standard InChI is InChI=1S/C15H24N2O2/c18-13-6-1-5-12-11-4-2-8-16-9-3-7-15(19,14(11)16)10-17(12)13/h11-12,14,19H,1-10H2/t11?,12-,14?,15-/m1/s1. The summed E-state index contributed by atoms with van der Waals surface area (Å²) in [6, 6.07) is 0.731. The number of aliphatic hydroxyl groups is 1. The second-order valence-electron chi connectivity index (χ2n) is 6.98. The summed E-state index contributed by atoms with van der Waals surface area (Å²) in [5.74, 6) is 0.794. The molecule has 0 aromatic rings. The van der Waals surface area contributed by atoms with Crippen molar-refractivity contribution in [3.8, 4) is 0 Å². The van der Waals surface area contributed by atoms with Crippen LogP contribution in [0.5, 0.6) is 0 Å². The monoisotopic (exact) mass is 264 g/mol. The second-order valence-corrected chi connectivity index (χ2v) is 6.98. The molecule has 4 rings (SSSR count). The Morgan fingerprint density at radius 2 is 2.00 bits per heavy atom. The van der Waals surface area contributed by atoms with Gasteiger partial charge in [0.2, 0.25) is 5.91 Å². The van der Waals surface area contributed by atoms with Gasteiger partial charge in [-0.2, -0.15) is 0 Å². The summed E-state index contributed by atoms with van der Waals surface area (Å²) in [5.41, 5.74) is -0.632. The third kappa shape index (κ3) is 1.69. The van der Waals surface area contributed by atoms with Crippen molar-refractivity contribution in [1.29, 1.82) is 0 Å². The van der Waals surface area contributed by atoms with Gasteiger partial charge in [0.15, 0.2) is 0 Å². The summed E-state index contributed by atoms with van der Waals surface area (Å²) < 4.78 is 0. The van der Waals surface area contributed by atoms with Crippen LogP contribution in [0.2, 0.25) is 0 Å². The van der Waals surface area contributed by atoms with Gasteiger partial charge in [0, 0.05) is 18.5 Å². The first-order valence-electron chi connectivity index (χ1n) is 7.95. The molecule has 4 aliphatic heterocycles. The van der Waals surface area contributed by atoms with Gasteiger partial charge in [0.1, 0.15) is 0 Å². The number of amides is 1. The summed E-state index contributed by atoms with van der Waals surface area (Å²) in [7, 11) is 0. The molecule has 2 unspecified atom stereocenters. The molecule has 4 heteroatoms. The van der Waals surface area contributed by atoms with Gasteiger partial charge in [0.25, 0.3) is 0 Å². The largest absolute Gasteiger partial charge is 0.386 e. The average Bonchev–Trinajstić information content (AvgIpc) is 2.40. The molecule has 4 aliphatic rings. The molecule has 0 aromatic heterocycles. The van der Waals surface area contributed by atoms with E-state index in [1.165, 1.54) is 12.8 Å². The fourth-order valence-corrected chi connectivity index (χ4v) is 5.29. The molecular formula is C15H24N2O2. The lowest BCUT2D eigenvalue weighted by Gasteiger charge is -2.61. The molecule has 0 radical (unpaired) electrons. The Hall–Kier alpha value is -0.610. The summed E-state index contributed by atoms with van der Waals surface area (Å²) in [4.78, 5) is 16.8. The zero-order chi connectivity index (χ0) is 13.0. The van der Waals surface area contributed by atoms with Crippen LogP contribution in [-0.2, 0) is 4.79 Å². The minimum absolute atomic E-state index is 0.283. The number of carbonyl (C=O) groups excluding carboxylic acids is 1. The van der Waals surface area contributed by atoms with Crippen LogP contribution >= 0.6 is 0 Å². The maximum Gasteiger partial charge on any atom is 0.222 e. The van der Waals surface area contributed by atoms with E-state index in [1.54, 1.807) is 0 Å². The number of nitrogens with zero attached hydrogens (tertiary/aromatic N) is 2. The van der Waals surface area contributed by atoms with Crippen LogP contribution in [0.3, 0.4) is 0 Å². The quantitative estimate of drug-likeness (QED) is 0.709. The molecule has 0 aromatic carbocycles. The molecule has 4 fully saturated rings. The van der Waals surface area contributed by atoms with E-state index in [0.717, 1.165) is 38.8 Å². The first-order chi connectivity index (χ1) is 9.19. The molecule has 4 nitrogen and oxygen atoms in total. The number of hydrogen-bond acceptors (Lipinski definition) is 3. The van der Waals surface area contributed by atoms with E-state index in [2.05, 4.69) is 4.90 Å². The number of piperidine rings is 4. The van der Waals surface area contributed by atoms with Crippen molar-refractivity contribution in [3.63, 3.8) is 0 Å². The van der Waals surface area contributed by atoms with Crippen molar-refractivity contribution < 1.29 is 9.90 Å². The predicted octanol–water partition coefficient (Wildman–Crippen LogP) is 0.987. The highest BCUT2D eigenvalue weighted by Crippen LogP contribution is 2.46. The minimum atomic E-state index is -0.632. The predicted molar refractivity (Wildman–Crippen MR) is 71.6 cm³/mol. The van der Waals surface area contributed by atoms with Crippen LogP contribution in [-0.4, -0.2) is 58.1 Å². The topological polar surface area (TPSA) is 43.8 Å². The van der Waals surface area contributed by atoms with Gasteiger partial charge in [0.05, 0.1) is 12.1 Å². The van der Waals surface area contributed by atoms with E-state index in [0.29, 0.717) is 31.0 Å². The lowest BCUT2D eigenvalue weighted by atomic mass is 9.66. The molecule has 4 heterocycles. The molecule has 1 N–H and O–H groups in total. The maximum atomic E-state index is 12.2. The van der Waals surface area contributed by atoms with E-state index >= 15 is 0 Å². The van der Waals surface area contributed by atoms with Crippen molar-refractivity contribution in [2.24, 2.45) is 5.92 Å². The van der Waals surface area contributed by atoms with Gasteiger partial charge in [-0.25, -0.2) is 0 Å². The van der Waals surface area contributed by atoms with Gasteiger partial charge < -0.3 is 10.0 Å². The van der Waals surface area contributed by atoms with Gasteiger partial charge >= 0.3 is 0 Å². The summed E-state index contributed by atoms with van der Waals surface area (Å²) >= 11 is 0. The van der Waals surface area contributed by atoms with E-state index in [9.17, 15) is 9.90 Å². The van der Waals surface area contributed by atoms with Gasteiger partial charge in [-0.15, -0.1) is 0 Å². The average molecular weight is 264 g/mol. The van der Waals surface area contributed by atoms with Crippen molar-refractivity contribution in [2.75, 3.05) is 19.6 Å². The molecule has 1 amide bonds. The highest BCUT2D eigenvalue weighted by molar-refractivity contribution is 5.77. The molecule has 0 saturated carbocycles. The fourth-order valence-electron chi connectivity index (χ4n) is 5.29. The number of carbonyl (C=O) groups is 1. The zero-order valence-corrected chi connectivity index (χ0v) is 11.6. The Kier molecular flexibility index (Phi) is 2.68. The molecule has 0 bridgehead atoms. The van der Waals surface area contributed by atoms with E-state index < -0.39 is 5.60 Å². The Morgan fingerprint density at radius 3 is 2.89 bits per heavy atom. The Balaban J connectivity index is 1.71. The maximum absolute atomic E-state index is 12.2. The van der Waals surface area contributed by atoms with E-state index in [4.69, 9.17) is 0 Å². The summed E-state index contributed by atoms with van der Waals surface area (Å²) in [6.45, 7) is 2.88. The number of rotatable bonds is 0. The highest BCUT2D eigenvalue weighted by Gasteiger charge is 2.57. The van der Waals surface area contributed by atoms with Crippen LogP contribution in [0.4, 0.5) is 0 Å². The number of fused-ring (bicyclic) bond motifs is 2. The van der Waals surface area contributed by atoms with Crippen LogP contribution in [0.25, 0.3) is 0 Å². The van der Waals surface area contributed by atoms with Gasteiger partial charge in [-0.1, -0.05) is 0 Å². The molecule has 0 spiro atoms. The third-order valence-electron chi connectivity index (χ3n) is 5.94. The molecule has 4 saturated heterocycles. The number of hydrogen-bond donors (Lipinski definition) is 1. The summed E-state index contributed by atoms with van der Waals surface area (Å²) in [5, 5.41) is 11.1. The second kappa shape index (κ2) is 4.19. The van der Waals surface area contributed by atoms with E-state index in [-0.39, 0.29) is 5.91 Å². The normalized spacial score (nSPS) is 46.7. The Bertz CT molecular complexity index is 398. The zero-order valence-electron chi connectivity index (χ0n) is 11.6. The van der Waals surface area contributed by atoms with Gasteiger partial charge in [-0.3, -0.25) is 9.69 Å². The van der Waals surface area contributed by atoms with E-state index in [1.807, 2.05) is 4.90 Å². The van der Waals surface area contributed by atoms with Crippen molar-refractivity contribution in [1.82, 2.24) is 9.80 Å².